The van der Waals surface area contributed by atoms with Crippen LogP contribution in [0.15, 0.2) is 146 Å². The van der Waals surface area contributed by atoms with Crippen LogP contribution in [-0.2, 0) is 0 Å². The molecule has 4 aromatic carbocycles. The maximum atomic E-state index is 2.47. The van der Waals surface area contributed by atoms with Crippen LogP contribution in [0, 0.1) is 0 Å². The van der Waals surface area contributed by atoms with Gasteiger partial charge in [-0.25, -0.2) is 0 Å². The van der Waals surface area contributed by atoms with Gasteiger partial charge in [-0.1, -0.05) is 78.9 Å². The molecule has 1 aliphatic heterocycles. The summed E-state index contributed by atoms with van der Waals surface area (Å²) in [5.74, 6) is 0. The molecule has 0 N–H and O–H groups in total. The number of quaternary nitrogens is 1. The van der Waals surface area contributed by atoms with Crippen LogP contribution in [0.3, 0.4) is 0 Å². The summed E-state index contributed by atoms with van der Waals surface area (Å²) in [5, 5.41) is 5.64. The Hall–Kier alpha value is -2.82. The normalized spacial score (nSPS) is 14.7. The van der Waals surface area contributed by atoms with Crippen molar-refractivity contribution in [2.45, 2.75) is 0 Å². The van der Waals surface area contributed by atoms with E-state index in [-0.39, 0.29) is 0 Å². The Morgan fingerprint density at radius 1 is 0.438 bits per heavy atom. The van der Waals surface area contributed by atoms with Gasteiger partial charge in [0.25, 0.3) is 0 Å². The highest BCUT2D eigenvalue weighted by atomic mass is 31.2. The fraction of sp³-hybridized carbons (Fsp3) is 0.0345. The fourth-order valence-electron chi connectivity index (χ4n) is 4.30. The van der Waals surface area contributed by atoms with E-state index in [1.807, 2.05) is 0 Å². The smallest absolute Gasteiger partial charge is 0.175 e. The molecule has 156 valence electrons. The SMILES string of the molecule is C1=CC[N+](P(c2ccccc2)c2ccccc2)(P(c2ccccc2)c2ccccc2)C=C1. The summed E-state index contributed by atoms with van der Waals surface area (Å²) in [6.45, 7) is 0.974. The fourth-order valence-corrected chi connectivity index (χ4v) is 11.2. The lowest BCUT2D eigenvalue weighted by molar-refractivity contribution is -0.598. The molecule has 1 nitrogen and oxygen atoms in total. The highest BCUT2D eigenvalue weighted by Crippen LogP contribution is 2.63. The molecule has 0 atom stereocenters. The Labute approximate surface area is 193 Å². The summed E-state index contributed by atoms with van der Waals surface area (Å²) in [7, 11) is -1.42. The number of hydrogen-bond acceptors (Lipinski definition) is 0. The van der Waals surface area contributed by atoms with Gasteiger partial charge in [-0.15, -0.1) is 0 Å². The molecule has 0 amide bonds. The Morgan fingerprint density at radius 2 is 0.781 bits per heavy atom. The molecule has 0 aliphatic carbocycles. The second-order valence-corrected chi connectivity index (χ2v) is 12.8. The number of allylic oxidation sites excluding steroid dienone is 2. The van der Waals surface area contributed by atoms with Gasteiger partial charge >= 0.3 is 0 Å². The third-order valence-electron chi connectivity index (χ3n) is 5.64. The molecular formula is C29H26NP2+. The maximum Gasteiger partial charge on any atom is 0.175 e. The molecule has 1 heterocycles. The number of benzene rings is 4. The molecule has 32 heavy (non-hydrogen) atoms. The highest BCUT2D eigenvalue weighted by molar-refractivity contribution is 7.79. The zero-order valence-corrected chi connectivity index (χ0v) is 19.7. The van der Waals surface area contributed by atoms with Gasteiger partial charge in [0.1, 0.15) is 6.54 Å². The van der Waals surface area contributed by atoms with Crippen molar-refractivity contribution in [2.24, 2.45) is 0 Å². The van der Waals surface area contributed by atoms with Crippen molar-refractivity contribution in [3.63, 3.8) is 0 Å². The van der Waals surface area contributed by atoms with E-state index in [0.29, 0.717) is 0 Å². The molecule has 0 radical (unpaired) electrons. The largest absolute Gasteiger partial charge is 0.252 e. The Balaban J connectivity index is 1.80. The van der Waals surface area contributed by atoms with Crippen molar-refractivity contribution < 1.29 is 4.02 Å². The molecule has 0 spiro atoms. The van der Waals surface area contributed by atoms with E-state index in [0.717, 1.165) is 10.6 Å². The zero-order valence-electron chi connectivity index (χ0n) is 17.9. The molecule has 4 aromatic rings. The topological polar surface area (TPSA) is 0 Å². The van der Waals surface area contributed by atoms with Gasteiger partial charge in [0.15, 0.2) is 16.1 Å². The maximum absolute atomic E-state index is 2.47. The predicted molar refractivity (Wildman–Crippen MR) is 142 cm³/mol. The highest BCUT2D eigenvalue weighted by Gasteiger charge is 2.47. The lowest BCUT2D eigenvalue weighted by atomic mass is 10.4. The van der Waals surface area contributed by atoms with E-state index in [9.17, 15) is 0 Å². The van der Waals surface area contributed by atoms with Gasteiger partial charge < -0.3 is 0 Å². The number of nitrogens with zero attached hydrogens (tertiary/aromatic N) is 1. The molecule has 0 unspecified atom stereocenters. The van der Waals surface area contributed by atoms with Crippen LogP contribution in [-0.4, -0.2) is 10.6 Å². The lowest BCUT2D eigenvalue weighted by Crippen LogP contribution is -2.44. The lowest BCUT2D eigenvalue weighted by Gasteiger charge is -2.46. The van der Waals surface area contributed by atoms with Gasteiger partial charge in [0, 0.05) is 21.2 Å². The van der Waals surface area contributed by atoms with Crippen molar-refractivity contribution >= 4 is 37.4 Å². The Bertz CT molecular complexity index is 1030. The van der Waals surface area contributed by atoms with Crippen LogP contribution in [0.5, 0.6) is 0 Å². The van der Waals surface area contributed by atoms with Crippen LogP contribution in [0.2, 0.25) is 0 Å². The van der Waals surface area contributed by atoms with E-state index in [2.05, 4.69) is 146 Å². The second kappa shape index (κ2) is 9.76. The van der Waals surface area contributed by atoms with E-state index >= 15 is 0 Å². The monoisotopic (exact) mass is 450 g/mol. The van der Waals surface area contributed by atoms with Gasteiger partial charge in [0.2, 0.25) is 0 Å². The minimum Gasteiger partial charge on any atom is -0.252 e. The third kappa shape index (κ3) is 4.13. The summed E-state index contributed by atoms with van der Waals surface area (Å²) in [6.07, 6.45) is 9.27. The van der Waals surface area contributed by atoms with Crippen LogP contribution in [0.4, 0.5) is 0 Å². The predicted octanol–water partition coefficient (Wildman–Crippen LogP) is 5.98. The van der Waals surface area contributed by atoms with E-state index < -0.39 is 16.1 Å². The van der Waals surface area contributed by atoms with E-state index in [1.54, 1.807) is 0 Å². The second-order valence-electron chi connectivity index (χ2n) is 7.70. The van der Waals surface area contributed by atoms with Crippen molar-refractivity contribution in [1.29, 1.82) is 0 Å². The molecule has 0 saturated heterocycles. The third-order valence-corrected chi connectivity index (χ3v) is 11.8. The van der Waals surface area contributed by atoms with Gasteiger partial charge in [-0.05, 0) is 60.7 Å². The molecular weight excluding hydrogens is 424 g/mol. The van der Waals surface area contributed by atoms with Crippen molar-refractivity contribution in [3.05, 3.63) is 146 Å². The van der Waals surface area contributed by atoms with Crippen molar-refractivity contribution in [2.75, 3.05) is 6.54 Å². The van der Waals surface area contributed by atoms with Crippen molar-refractivity contribution in [1.82, 2.24) is 0 Å². The molecule has 1 aliphatic rings. The first kappa shape index (κ1) is 21.0. The van der Waals surface area contributed by atoms with Crippen molar-refractivity contribution in [3.8, 4) is 0 Å². The van der Waals surface area contributed by atoms with E-state index in [4.69, 9.17) is 0 Å². The quantitative estimate of drug-likeness (QED) is 0.317. The summed E-state index contributed by atoms with van der Waals surface area (Å²) in [4.78, 5) is 0. The van der Waals surface area contributed by atoms with Crippen LogP contribution >= 0.6 is 16.1 Å². The first-order valence-electron chi connectivity index (χ1n) is 10.9. The number of rotatable bonds is 6. The number of hydrogen-bond donors (Lipinski definition) is 0. The average molecular weight is 450 g/mol. The van der Waals surface area contributed by atoms with Gasteiger partial charge in [-0.3, -0.25) is 4.02 Å². The Kier molecular flexibility index (Phi) is 6.42. The van der Waals surface area contributed by atoms with Gasteiger partial charge in [-0.2, -0.15) is 0 Å². The summed E-state index contributed by atoms with van der Waals surface area (Å²) >= 11 is 0. The first-order valence-corrected chi connectivity index (χ1v) is 13.5. The molecule has 0 fully saturated rings. The summed E-state index contributed by atoms with van der Waals surface area (Å²) < 4.78 is 0.906. The standard InChI is InChI=1S/C29H26NP2/c1-6-16-26(17-7-1)31(27-18-8-2-9-19-27)30(24-14-5-15-25-30)32(28-20-10-3-11-21-28)29-22-12-4-13-23-29/h1-24H,25H2/q+1. The minimum absolute atomic E-state index is 0.712. The molecule has 0 saturated carbocycles. The summed E-state index contributed by atoms with van der Waals surface area (Å²) in [5.41, 5.74) is 0. The molecule has 3 heteroatoms. The first-order chi connectivity index (χ1) is 15.9. The van der Waals surface area contributed by atoms with Crippen LogP contribution in [0.25, 0.3) is 0 Å². The van der Waals surface area contributed by atoms with Crippen LogP contribution in [0.1, 0.15) is 0 Å². The van der Waals surface area contributed by atoms with Crippen LogP contribution < -0.4 is 21.2 Å². The minimum atomic E-state index is -0.712. The Morgan fingerprint density at radius 3 is 1.06 bits per heavy atom. The molecule has 5 rings (SSSR count). The molecule has 0 aromatic heterocycles. The van der Waals surface area contributed by atoms with Gasteiger partial charge in [0.05, 0.1) is 6.20 Å². The summed E-state index contributed by atoms with van der Waals surface area (Å²) in [6, 6.07) is 44.4. The molecule has 0 bridgehead atoms. The van der Waals surface area contributed by atoms with E-state index in [1.165, 1.54) is 21.2 Å². The average Bonchev–Trinajstić information content (AvgIpc) is 2.88. The zero-order chi connectivity index (χ0) is 21.6.